The second kappa shape index (κ2) is 14.3. The quantitative estimate of drug-likeness (QED) is 0.138. The predicted octanol–water partition coefficient (Wildman–Crippen LogP) is -2.47. The first-order valence-electron chi connectivity index (χ1n) is 9.83. The van der Waals surface area contributed by atoms with E-state index in [1.165, 1.54) is 0 Å². The summed E-state index contributed by atoms with van der Waals surface area (Å²) >= 11 is 0. The molecule has 0 bridgehead atoms. The van der Waals surface area contributed by atoms with Gasteiger partial charge >= 0.3 is 5.97 Å². The normalized spacial score (nSPS) is 13.8. The van der Waals surface area contributed by atoms with Gasteiger partial charge in [-0.05, 0) is 38.1 Å². The number of carbonyl (C=O) groups is 5. The van der Waals surface area contributed by atoms with Crippen LogP contribution in [-0.2, 0) is 24.0 Å². The van der Waals surface area contributed by atoms with Gasteiger partial charge in [0.1, 0.15) is 18.1 Å². The molecule has 3 atom stereocenters. The Morgan fingerprint density at radius 1 is 0.867 bits per heavy atom. The van der Waals surface area contributed by atoms with Gasteiger partial charge in [0.15, 0.2) is 0 Å². The van der Waals surface area contributed by atoms with Crippen molar-refractivity contribution in [2.24, 2.45) is 23.1 Å². The summed E-state index contributed by atoms with van der Waals surface area (Å²) in [4.78, 5) is 59.6. The molecular formula is C18H34N6O6. The van der Waals surface area contributed by atoms with Crippen LogP contribution in [0.25, 0.3) is 0 Å². The van der Waals surface area contributed by atoms with Crippen LogP contribution in [-0.4, -0.2) is 65.9 Å². The fourth-order valence-electron chi connectivity index (χ4n) is 2.66. The summed E-state index contributed by atoms with van der Waals surface area (Å²) in [6, 6.07) is -3.58. The Morgan fingerprint density at radius 3 is 1.90 bits per heavy atom. The van der Waals surface area contributed by atoms with Gasteiger partial charge in [0.25, 0.3) is 0 Å². The van der Waals surface area contributed by atoms with Crippen molar-refractivity contribution in [2.75, 3.05) is 13.1 Å². The van der Waals surface area contributed by atoms with Crippen molar-refractivity contribution >= 4 is 29.6 Å². The van der Waals surface area contributed by atoms with E-state index >= 15 is 0 Å². The van der Waals surface area contributed by atoms with Crippen LogP contribution >= 0.6 is 0 Å². The number of rotatable bonds is 15. The Morgan fingerprint density at radius 2 is 1.43 bits per heavy atom. The zero-order valence-electron chi connectivity index (χ0n) is 17.5. The van der Waals surface area contributed by atoms with Crippen LogP contribution in [0, 0.1) is 5.92 Å². The fourth-order valence-corrected chi connectivity index (χ4v) is 2.66. The largest absolute Gasteiger partial charge is 0.480 e. The maximum Gasteiger partial charge on any atom is 0.326 e. The predicted molar refractivity (Wildman–Crippen MR) is 109 cm³/mol. The number of amides is 4. The average molecular weight is 431 g/mol. The van der Waals surface area contributed by atoms with Crippen molar-refractivity contribution < 1.29 is 29.1 Å². The lowest BCUT2D eigenvalue weighted by atomic mass is 10.0. The summed E-state index contributed by atoms with van der Waals surface area (Å²) in [5.41, 5.74) is 15.8. The van der Waals surface area contributed by atoms with E-state index in [2.05, 4.69) is 16.0 Å². The first kappa shape index (κ1) is 27.3. The van der Waals surface area contributed by atoms with Gasteiger partial charge in [0.05, 0.1) is 13.0 Å². The van der Waals surface area contributed by atoms with Crippen molar-refractivity contribution in [3.63, 3.8) is 0 Å². The molecule has 0 heterocycles. The van der Waals surface area contributed by atoms with Crippen molar-refractivity contribution in [1.82, 2.24) is 16.0 Å². The third-order valence-corrected chi connectivity index (χ3v) is 4.14. The highest BCUT2D eigenvalue weighted by Gasteiger charge is 2.30. The van der Waals surface area contributed by atoms with Gasteiger partial charge in [-0.3, -0.25) is 19.2 Å². The first-order valence-corrected chi connectivity index (χ1v) is 9.83. The lowest BCUT2D eigenvalue weighted by Crippen LogP contribution is -2.57. The van der Waals surface area contributed by atoms with E-state index in [1.54, 1.807) is 0 Å². The molecular weight excluding hydrogens is 396 g/mol. The van der Waals surface area contributed by atoms with Crippen LogP contribution in [0.15, 0.2) is 0 Å². The smallest absolute Gasteiger partial charge is 0.326 e. The number of hydrogen-bond donors (Lipinski definition) is 7. The van der Waals surface area contributed by atoms with Crippen molar-refractivity contribution in [3.8, 4) is 0 Å². The summed E-state index contributed by atoms with van der Waals surface area (Å²) in [6.45, 7) is 3.73. The maximum atomic E-state index is 12.6. The van der Waals surface area contributed by atoms with Gasteiger partial charge in [0.2, 0.25) is 23.6 Å². The van der Waals surface area contributed by atoms with Gasteiger partial charge in [-0.25, -0.2) is 4.79 Å². The molecule has 10 N–H and O–H groups in total. The van der Waals surface area contributed by atoms with Crippen molar-refractivity contribution in [2.45, 2.75) is 64.1 Å². The summed E-state index contributed by atoms with van der Waals surface area (Å²) in [5.74, 6) is -4.22. The molecule has 3 unspecified atom stereocenters. The SMILES string of the molecule is CC(C)CC(NC(=O)CN)C(=O)NC(CC(N)=O)C(=O)NC(CCCCN)C(=O)O. The fraction of sp³-hybridized carbons (Fsp3) is 0.722. The van der Waals surface area contributed by atoms with E-state index in [-0.39, 0.29) is 25.3 Å². The Hall–Kier alpha value is -2.73. The van der Waals surface area contributed by atoms with Crippen LogP contribution in [0.4, 0.5) is 0 Å². The average Bonchev–Trinajstić information content (AvgIpc) is 2.64. The Balaban J connectivity index is 5.31. The second-order valence-electron chi connectivity index (χ2n) is 7.37. The zero-order valence-corrected chi connectivity index (χ0v) is 17.5. The molecule has 0 saturated carbocycles. The van der Waals surface area contributed by atoms with Crippen molar-refractivity contribution in [3.05, 3.63) is 0 Å². The minimum absolute atomic E-state index is 0.0289. The maximum absolute atomic E-state index is 12.6. The Labute approximate surface area is 175 Å². The molecule has 30 heavy (non-hydrogen) atoms. The van der Waals surface area contributed by atoms with E-state index in [1.807, 2.05) is 13.8 Å². The van der Waals surface area contributed by atoms with E-state index in [9.17, 15) is 29.1 Å². The number of carboxylic acid groups (broad SMARTS) is 1. The lowest BCUT2D eigenvalue weighted by molar-refractivity contribution is -0.142. The van der Waals surface area contributed by atoms with Gasteiger partial charge in [-0.1, -0.05) is 13.8 Å². The monoisotopic (exact) mass is 430 g/mol. The number of aliphatic carboxylic acids is 1. The first-order chi connectivity index (χ1) is 14.0. The number of carboxylic acids is 1. The van der Waals surface area contributed by atoms with Gasteiger partial charge in [0, 0.05) is 0 Å². The minimum atomic E-state index is -1.39. The van der Waals surface area contributed by atoms with Crippen LogP contribution in [0.1, 0.15) is 46.0 Å². The van der Waals surface area contributed by atoms with Gasteiger partial charge in [-0.15, -0.1) is 0 Å². The molecule has 0 aliphatic heterocycles. The lowest BCUT2D eigenvalue weighted by Gasteiger charge is -2.24. The number of primary amides is 1. The molecule has 0 saturated heterocycles. The van der Waals surface area contributed by atoms with E-state index in [0.717, 1.165) is 0 Å². The molecule has 172 valence electrons. The summed E-state index contributed by atoms with van der Waals surface area (Å²) < 4.78 is 0. The number of nitrogens with two attached hydrogens (primary N) is 3. The molecule has 0 rings (SSSR count). The third-order valence-electron chi connectivity index (χ3n) is 4.14. The molecule has 0 aromatic carbocycles. The summed E-state index contributed by atoms with van der Waals surface area (Å²) in [7, 11) is 0. The van der Waals surface area contributed by atoms with Gasteiger partial charge in [-0.2, -0.15) is 0 Å². The molecule has 0 aromatic heterocycles. The standard InChI is InChI=1S/C18H34N6O6/c1-10(2)7-12(22-15(26)9-20)16(27)24-13(8-14(21)25)17(28)23-11(18(29)30)5-3-4-6-19/h10-13H,3-9,19-20H2,1-2H3,(H2,21,25)(H,22,26)(H,23,28)(H,24,27)(H,29,30). The third kappa shape index (κ3) is 11.3. The number of nitrogens with one attached hydrogen (secondary N) is 3. The van der Waals surface area contributed by atoms with E-state index in [0.29, 0.717) is 19.4 Å². The minimum Gasteiger partial charge on any atom is -0.480 e. The highest BCUT2D eigenvalue weighted by molar-refractivity contribution is 5.95. The molecule has 0 radical (unpaired) electrons. The Kier molecular flexibility index (Phi) is 13.0. The highest BCUT2D eigenvalue weighted by Crippen LogP contribution is 2.07. The van der Waals surface area contributed by atoms with Gasteiger partial charge < -0.3 is 38.3 Å². The zero-order chi connectivity index (χ0) is 23.3. The molecule has 0 aromatic rings. The Bertz CT molecular complexity index is 612. The summed E-state index contributed by atoms with van der Waals surface area (Å²) in [6.07, 6.45) is 0.921. The molecule has 12 nitrogen and oxygen atoms in total. The van der Waals surface area contributed by atoms with Crippen molar-refractivity contribution in [1.29, 1.82) is 0 Å². The van der Waals surface area contributed by atoms with E-state index in [4.69, 9.17) is 17.2 Å². The van der Waals surface area contributed by atoms with Crippen LogP contribution in [0.5, 0.6) is 0 Å². The number of carbonyl (C=O) groups excluding carboxylic acids is 4. The molecule has 0 fully saturated rings. The molecule has 0 aliphatic carbocycles. The second-order valence-corrected chi connectivity index (χ2v) is 7.37. The number of hydrogen-bond acceptors (Lipinski definition) is 7. The topological polar surface area (TPSA) is 220 Å². The molecule has 4 amide bonds. The highest BCUT2D eigenvalue weighted by atomic mass is 16.4. The summed E-state index contributed by atoms with van der Waals surface area (Å²) in [5, 5.41) is 16.4. The van der Waals surface area contributed by atoms with Crippen LogP contribution in [0.3, 0.4) is 0 Å². The van der Waals surface area contributed by atoms with E-state index < -0.39 is 54.1 Å². The van der Waals surface area contributed by atoms with Crippen LogP contribution < -0.4 is 33.2 Å². The molecule has 12 heteroatoms. The molecule has 0 spiro atoms. The molecule has 0 aliphatic rings. The number of unbranched alkanes of at least 4 members (excludes halogenated alkanes) is 1. The van der Waals surface area contributed by atoms with Crippen LogP contribution in [0.2, 0.25) is 0 Å².